The molecule has 2 heterocycles. The Morgan fingerprint density at radius 3 is 2.41 bits per heavy atom. The second kappa shape index (κ2) is 9.30. The van der Waals surface area contributed by atoms with Crippen LogP contribution in [0.4, 0.5) is 0 Å². The van der Waals surface area contributed by atoms with E-state index in [0.717, 1.165) is 31.5 Å². The quantitative estimate of drug-likeness (QED) is 0.429. The van der Waals surface area contributed by atoms with Crippen molar-refractivity contribution in [2.75, 3.05) is 46.3 Å². The summed E-state index contributed by atoms with van der Waals surface area (Å²) in [4.78, 5) is 9.51. The van der Waals surface area contributed by atoms with Crippen LogP contribution in [0.3, 0.4) is 0 Å². The van der Waals surface area contributed by atoms with Crippen molar-refractivity contribution in [3.8, 4) is 0 Å². The molecule has 0 amide bonds. The highest BCUT2D eigenvalue weighted by Crippen LogP contribution is 2.28. The number of hydrogen-bond donors (Lipinski definition) is 1. The van der Waals surface area contributed by atoms with Gasteiger partial charge in [0.2, 0.25) is 0 Å². The number of nitrogens with one attached hydrogen (secondary N) is 1. The lowest BCUT2D eigenvalue weighted by Crippen LogP contribution is -2.44. The summed E-state index contributed by atoms with van der Waals surface area (Å²) >= 11 is 0. The molecule has 0 aromatic rings. The summed E-state index contributed by atoms with van der Waals surface area (Å²) in [6.45, 7) is 14.1. The normalized spacial score (nSPS) is 23.5. The summed E-state index contributed by atoms with van der Waals surface area (Å²) in [6, 6.07) is 0. The van der Waals surface area contributed by atoms with Crippen molar-refractivity contribution in [1.82, 2.24) is 15.1 Å². The lowest BCUT2D eigenvalue weighted by Gasteiger charge is -2.32. The highest BCUT2D eigenvalue weighted by atomic mass is 127. The maximum atomic E-state index is 4.49. The van der Waals surface area contributed by atoms with Gasteiger partial charge in [0.05, 0.1) is 0 Å². The van der Waals surface area contributed by atoms with Gasteiger partial charge in [-0.15, -0.1) is 24.0 Å². The average molecular weight is 422 g/mol. The predicted octanol–water partition coefficient (Wildman–Crippen LogP) is 3.03. The lowest BCUT2D eigenvalue weighted by molar-refractivity contribution is 0.185. The first-order valence-electron chi connectivity index (χ1n) is 8.72. The third-order valence-electron chi connectivity index (χ3n) is 4.98. The van der Waals surface area contributed by atoms with Crippen LogP contribution in [-0.2, 0) is 0 Å². The number of nitrogens with zero attached hydrogens (tertiary/aromatic N) is 3. The molecule has 2 aliphatic heterocycles. The summed E-state index contributed by atoms with van der Waals surface area (Å²) in [5.41, 5.74) is 0.434. The van der Waals surface area contributed by atoms with Crippen LogP contribution in [0.1, 0.15) is 46.5 Å². The highest BCUT2D eigenvalue weighted by molar-refractivity contribution is 14.0. The summed E-state index contributed by atoms with van der Waals surface area (Å²) in [7, 11) is 1.91. The number of likely N-dealkylation sites (tertiary alicyclic amines) is 2. The topological polar surface area (TPSA) is 30.9 Å². The number of guanidine groups is 1. The largest absolute Gasteiger partial charge is 0.356 e. The van der Waals surface area contributed by atoms with Crippen molar-refractivity contribution in [2.24, 2.45) is 16.3 Å². The van der Waals surface area contributed by atoms with Gasteiger partial charge in [-0.25, -0.2) is 0 Å². The minimum Gasteiger partial charge on any atom is -0.356 e. The van der Waals surface area contributed by atoms with Crippen LogP contribution in [-0.4, -0.2) is 62.1 Å². The molecule has 2 fully saturated rings. The zero-order valence-corrected chi connectivity index (χ0v) is 17.2. The zero-order valence-electron chi connectivity index (χ0n) is 14.9. The van der Waals surface area contributed by atoms with Gasteiger partial charge < -0.3 is 15.1 Å². The fourth-order valence-electron chi connectivity index (χ4n) is 3.59. The summed E-state index contributed by atoms with van der Waals surface area (Å²) in [5.74, 6) is 1.92. The van der Waals surface area contributed by atoms with Gasteiger partial charge in [-0.1, -0.05) is 20.8 Å². The molecule has 0 aromatic heterocycles. The Labute approximate surface area is 154 Å². The third kappa shape index (κ3) is 5.87. The number of rotatable bonds is 4. The molecule has 2 saturated heterocycles. The monoisotopic (exact) mass is 422 g/mol. The molecule has 5 heteroatoms. The molecule has 0 saturated carbocycles. The van der Waals surface area contributed by atoms with Gasteiger partial charge in [0, 0.05) is 26.7 Å². The lowest BCUT2D eigenvalue weighted by atomic mass is 9.93. The molecule has 4 nitrogen and oxygen atoms in total. The highest BCUT2D eigenvalue weighted by Gasteiger charge is 2.31. The molecule has 22 heavy (non-hydrogen) atoms. The van der Waals surface area contributed by atoms with Crippen LogP contribution in [0.2, 0.25) is 0 Å². The number of piperidine rings is 1. The Morgan fingerprint density at radius 2 is 1.91 bits per heavy atom. The molecule has 2 rings (SSSR count). The molecule has 0 aliphatic carbocycles. The summed E-state index contributed by atoms with van der Waals surface area (Å²) in [5, 5.41) is 3.62. The Bertz CT molecular complexity index is 349. The minimum atomic E-state index is 0. The number of hydrogen-bond acceptors (Lipinski definition) is 2. The Kier molecular flexibility index (Phi) is 8.46. The van der Waals surface area contributed by atoms with Gasteiger partial charge in [0.15, 0.2) is 5.96 Å². The zero-order chi connectivity index (χ0) is 15.3. The van der Waals surface area contributed by atoms with Gasteiger partial charge >= 0.3 is 0 Å². The fourth-order valence-corrected chi connectivity index (χ4v) is 3.59. The van der Waals surface area contributed by atoms with Crippen LogP contribution >= 0.6 is 24.0 Å². The van der Waals surface area contributed by atoms with E-state index in [4.69, 9.17) is 0 Å². The molecule has 130 valence electrons. The van der Waals surface area contributed by atoms with Gasteiger partial charge in [0.25, 0.3) is 0 Å². The van der Waals surface area contributed by atoms with Crippen molar-refractivity contribution >= 4 is 29.9 Å². The van der Waals surface area contributed by atoms with Crippen molar-refractivity contribution in [3.05, 3.63) is 0 Å². The molecule has 0 radical (unpaired) electrons. The summed E-state index contributed by atoms with van der Waals surface area (Å²) in [6.07, 6.45) is 5.20. The van der Waals surface area contributed by atoms with Crippen LogP contribution < -0.4 is 5.32 Å². The first-order chi connectivity index (χ1) is 10.0. The molecule has 1 N–H and O–H groups in total. The molecule has 0 unspecified atom stereocenters. The first-order valence-corrected chi connectivity index (χ1v) is 8.72. The Hall–Kier alpha value is -0.0400. The van der Waals surface area contributed by atoms with Gasteiger partial charge in [-0.05, 0) is 56.7 Å². The standard InChI is InChI=1S/C17H34N4.HI/c1-5-9-20-10-6-15(7-11-20)13-19-16(18-4)21-12-8-17(2,3)14-21;/h15H,5-14H2,1-4H3,(H,18,19);1H. The molecule has 0 aromatic carbocycles. The van der Waals surface area contributed by atoms with Crippen LogP contribution in [0.5, 0.6) is 0 Å². The SMILES string of the molecule is CCCN1CCC(CNC(=NC)N2CCC(C)(C)C2)CC1.I. The average Bonchev–Trinajstić information content (AvgIpc) is 2.82. The second-order valence-electron chi connectivity index (χ2n) is 7.55. The van der Waals surface area contributed by atoms with Crippen LogP contribution in [0, 0.1) is 11.3 Å². The van der Waals surface area contributed by atoms with E-state index in [1.54, 1.807) is 0 Å². The van der Waals surface area contributed by atoms with Crippen molar-refractivity contribution < 1.29 is 0 Å². The smallest absolute Gasteiger partial charge is 0.193 e. The third-order valence-corrected chi connectivity index (χ3v) is 4.98. The van der Waals surface area contributed by atoms with E-state index in [9.17, 15) is 0 Å². The number of aliphatic imine (C=N–C) groups is 1. The van der Waals surface area contributed by atoms with Crippen molar-refractivity contribution in [1.29, 1.82) is 0 Å². The molecular formula is C17H35IN4. The van der Waals surface area contributed by atoms with Gasteiger partial charge in [0.1, 0.15) is 0 Å². The maximum absolute atomic E-state index is 4.49. The van der Waals surface area contributed by atoms with Crippen molar-refractivity contribution in [2.45, 2.75) is 46.5 Å². The van der Waals surface area contributed by atoms with E-state index in [-0.39, 0.29) is 24.0 Å². The van der Waals surface area contributed by atoms with E-state index in [0.29, 0.717) is 5.41 Å². The van der Waals surface area contributed by atoms with Gasteiger partial charge in [-0.3, -0.25) is 4.99 Å². The maximum Gasteiger partial charge on any atom is 0.193 e. The first kappa shape index (κ1) is 20.0. The van der Waals surface area contributed by atoms with Crippen molar-refractivity contribution in [3.63, 3.8) is 0 Å². The Morgan fingerprint density at radius 1 is 1.23 bits per heavy atom. The molecule has 0 spiro atoms. The summed E-state index contributed by atoms with van der Waals surface area (Å²) < 4.78 is 0. The minimum absolute atomic E-state index is 0. The molecule has 0 atom stereocenters. The van der Waals surface area contributed by atoms with E-state index in [2.05, 4.69) is 40.9 Å². The predicted molar refractivity (Wildman–Crippen MR) is 106 cm³/mol. The molecular weight excluding hydrogens is 387 g/mol. The van der Waals surface area contributed by atoms with Crippen LogP contribution in [0.25, 0.3) is 0 Å². The van der Waals surface area contributed by atoms with Crippen LogP contribution in [0.15, 0.2) is 4.99 Å². The van der Waals surface area contributed by atoms with E-state index in [1.807, 2.05) is 7.05 Å². The second-order valence-corrected chi connectivity index (χ2v) is 7.55. The van der Waals surface area contributed by atoms with Gasteiger partial charge in [-0.2, -0.15) is 0 Å². The Balaban J connectivity index is 0.00000242. The number of halogens is 1. The fraction of sp³-hybridized carbons (Fsp3) is 0.941. The molecule has 2 aliphatic rings. The van der Waals surface area contributed by atoms with E-state index < -0.39 is 0 Å². The molecule has 0 bridgehead atoms. The van der Waals surface area contributed by atoms with E-state index >= 15 is 0 Å². The van der Waals surface area contributed by atoms with E-state index in [1.165, 1.54) is 45.3 Å².